The average Bonchev–Trinajstić information content (AvgIpc) is 2.36. The van der Waals surface area contributed by atoms with Crippen LogP contribution in [0, 0.1) is 18.4 Å². The summed E-state index contributed by atoms with van der Waals surface area (Å²) in [5, 5.41) is 10.1. The molecule has 0 saturated carbocycles. The molecule has 0 radical (unpaired) electrons. The molecule has 0 bridgehead atoms. The zero-order valence-electron chi connectivity index (χ0n) is 5.92. The predicted molar refractivity (Wildman–Crippen MR) is 36.5 cm³/mol. The Bertz CT molecular complexity index is 308. The summed E-state index contributed by atoms with van der Waals surface area (Å²) in [5.41, 5.74) is 0.720. The third kappa shape index (κ3) is 1.38. The zero-order chi connectivity index (χ0) is 8.27. The van der Waals surface area contributed by atoms with Crippen molar-refractivity contribution >= 4 is 5.91 Å². The van der Waals surface area contributed by atoms with Gasteiger partial charge in [0, 0.05) is 5.56 Å². The second-order valence-corrected chi connectivity index (χ2v) is 2.00. The maximum absolute atomic E-state index is 10.9. The van der Waals surface area contributed by atoms with Crippen molar-refractivity contribution in [3.8, 4) is 6.19 Å². The van der Waals surface area contributed by atoms with E-state index in [1.54, 1.807) is 13.0 Å². The third-order valence-electron chi connectivity index (χ3n) is 1.24. The lowest BCUT2D eigenvalue weighted by molar-refractivity contribution is 0.0945. The van der Waals surface area contributed by atoms with Gasteiger partial charge in [0.1, 0.15) is 0 Å². The molecule has 0 fully saturated rings. The van der Waals surface area contributed by atoms with Crippen LogP contribution in [-0.4, -0.2) is 5.91 Å². The molecular weight excluding hydrogens is 144 g/mol. The number of nitriles is 1. The van der Waals surface area contributed by atoms with E-state index in [4.69, 9.17) is 9.68 Å². The molecule has 1 aromatic heterocycles. The Morgan fingerprint density at radius 3 is 3.00 bits per heavy atom. The number of hydrogen-bond acceptors (Lipinski definition) is 3. The van der Waals surface area contributed by atoms with Gasteiger partial charge in [-0.15, -0.1) is 0 Å². The molecule has 0 spiro atoms. The molecule has 1 amide bonds. The second-order valence-electron chi connectivity index (χ2n) is 2.00. The molecule has 0 aliphatic rings. The van der Waals surface area contributed by atoms with Gasteiger partial charge < -0.3 is 4.42 Å². The minimum atomic E-state index is -0.505. The van der Waals surface area contributed by atoms with Crippen molar-refractivity contribution in [2.75, 3.05) is 0 Å². The van der Waals surface area contributed by atoms with Crippen molar-refractivity contribution in [2.24, 2.45) is 0 Å². The molecule has 4 nitrogen and oxygen atoms in total. The fourth-order valence-electron chi connectivity index (χ4n) is 0.713. The van der Waals surface area contributed by atoms with Gasteiger partial charge in [0.2, 0.25) is 0 Å². The van der Waals surface area contributed by atoms with Gasteiger partial charge in [0.05, 0.1) is 6.26 Å². The molecule has 0 unspecified atom stereocenters. The first-order valence-corrected chi connectivity index (χ1v) is 2.99. The monoisotopic (exact) mass is 150 g/mol. The summed E-state index contributed by atoms with van der Waals surface area (Å²) < 4.78 is 4.82. The third-order valence-corrected chi connectivity index (χ3v) is 1.24. The quantitative estimate of drug-likeness (QED) is 0.475. The predicted octanol–water partition coefficient (Wildman–Crippen LogP) is 0.799. The molecule has 0 aliphatic heterocycles. The Labute approximate surface area is 63.4 Å². The highest BCUT2D eigenvalue weighted by Crippen LogP contribution is 2.07. The summed E-state index contributed by atoms with van der Waals surface area (Å²) in [6, 6.07) is 1.66. The maximum Gasteiger partial charge on any atom is 0.300 e. The number of furan rings is 1. The standard InChI is InChI=1S/C7H6N2O2/c1-5-2-3-11-6(5)7(10)9-4-8/h2-3H,1H3,(H,9,10). The molecule has 1 rings (SSSR count). The minimum Gasteiger partial charge on any atom is -0.459 e. The number of rotatable bonds is 1. The molecule has 0 saturated heterocycles. The first-order valence-electron chi connectivity index (χ1n) is 2.99. The van der Waals surface area contributed by atoms with Crippen molar-refractivity contribution in [2.45, 2.75) is 6.92 Å². The number of amides is 1. The maximum atomic E-state index is 10.9. The molecule has 11 heavy (non-hydrogen) atoms. The molecule has 56 valence electrons. The van der Waals surface area contributed by atoms with E-state index in [9.17, 15) is 4.79 Å². The normalized spacial score (nSPS) is 8.73. The minimum absolute atomic E-state index is 0.187. The van der Waals surface area contributed by atoms with E-state index >= 15 is 0 Å². The summed E-state index contributed by atoms with van der Waals surface area (Å²) in [5.74, 6) is -0.318. The SMILES string of the molecule is Cc1ccoc1C(=O)NC#N. The van der Waals surface area contributed by atoms with Crippen LogP contribution in [0.2, 0.25) is 0 Å². The average molecular weight is 150 g/mol. The molecule has 0 aromatic carbocycles. The summed E-state index contributed by atoms with van der Waals surface area (Å²) in [6.45, 7) is 1.73. The van der Waals surface area contributed by atoms with Crippen LogP contribution in [0.3, 0.4) is 0 Å². The van der Waals surface area contributed by atoms with Crippen LogP contribution in [0.25, 0.3) is 0 Å². The van der Waals surface area contributed by atoms with E-state index < -0.39 is 5.91 Å². The Morgan fingerprint density at radius 2 is 2.55 bits per heavy atom. The van der Waals surface area contributed by atoms with Crippen LogP contribution in [0.1, 0.15) is 16.1 Å². The van der Waals surface area contributed by atoms with Crippen molar-refractivity contribution < 1.29 is 9.21 Å². The van der Waals surface area contributed by atoms with Gasteiger partial charge in [-0.3, -0.25) is 10.1 Å². The van der Waals surface area contributed by atoms with Crippen LogP contribution in [0.5, 0.6) is 0 Å². The molecule has 1 N–H and O–H groups in total. The van der Waals surface area contributed by atoms with E-state index in [-0.39, 0.29) is 5.76 Å². The van der Waals surface area contributed by atoms with Crippen molar-refractivity contribution in [1.82, 2.24) is 5.32 Å². The van der Waals surface area contributed by atoms with Crippen molar-refractivity contribution in [3.63, 3.8) is 0 Å². The van der Waals surface area contributed by atoms with Crippen LogP contribution in [-0.2, 0) is 0 Å². The highest BCUT2D eigenvalue weighted by Gasteiger charge is 2.10. The second kappa shape index (κ2) is 2.88. The molecular formula is C7H6N2O2. The number of hydrogen-bond donors (Lipinski definition) is 1. The lowest BCUT2D eigenvalue weighted by atomic mass is 10.3. The number of carbonyl (C=O) groups excluding carboxylic acids is 1. The van der Waals surface area contributed by atoms with E-state index in [0.717, 1.165) is 5.56 Å². The summed E-state index contributed by atoms with van der Waals surface area (Å²) in [4.78, 5) is 10.9. The number of carbonyl (C=O) groups is 1. The van der Waals surface area contributed by atoms with E-state index in [0.29, 0.717) is 0 Å². The lowest BCUT2D eigenvalue weighted by Crippen LogP contribution is -2.17. The highest BCUT2D eigenvalue weighted by atomic mass is 16.3. The molecule has 0 aliphatic carbocycles. The fraction of sp³-hybridized carbons (Fsp3) is 0.143. The first-order chi connectivity index (χ1) is 5.25. The van der Waals surface area contributed by atoms with Gasteiger partial charge >= 0.3 is 0 Å². The summed E-state index contributed by atoms with van der Waals surface area (Å²) in [6.07, 6.45) is 2.93. The molecule has 0 atom stereocenters. The smallest absolute Gasteiger partial charge is 0.300 e. The van der Waals surface area contributed by atoms with Gasteiger partial charge in [-0.1, -0.05) is 0 Å². The van der Waals surface area contributed by atoms with Crippen molar-refractivity contribution in [1.29, 1.82) is 5.26 Å². The number of nitrogens with zero attached hydrogens (tertiary/aromatic N) is 1. The van der Waals surface area contributed by atoms with E-state index in [2.05, 4.69) is 0 Å². The Morgan fingerprint density at radius 1 is 1.82 bits per heavy atom. The van der Waals surface area contributed by atoms with Crippen LogP contribution < -0.4 is 5.32 Å². The number of aryl methyl sites for hydroxylation is 1. The summed E-state index contributed by atoms with van der Waals surface area (Å²) in [7, 11) is 0. The van der Waals surface area contributed by atoms with E-state index in [1.165, 1.54) is 12.5 Å². The lowest BCUT2D eigenvalue weighted by Gasteiger charge is -1.91. The van der Waals surface area contributed by atoms with E-state index in [1.807, 2.05) is 5.32 Å². The van der Waals surface area contributed by atoms with Gasteiger partial charge in [-0.2, -0.15) is 5.26 Å². The zero-order valence-corrected chi connectivity index (χ0v) is 5.92. The largest absolute Gasteiger partial charge is 0.459 e. The Kier molecular flexibility index (Phi) is 1.93. The molecule has 1 aromatic rings. The van der Waals surface area contributed by atoms with Gasteiger partial charge in [0.15, 0.2) is 12.0 Å². The Hall–Kier alpha value is -1.76. The molecule has 4 heteroatoms. The molecule has 1 heterocycles. The van der Waals surface area contributed by atoms with Gasteiger partial charge in [0.25, 0.3) is 5.91 Å². The first kappa shape index (κ1) is 7.35. The number of nitrogens with one attached hydrogen (secondary N) is 1. The van der Waals surface area contributed by atoms with Gasteiger partial charge in [-0.25, -0.2) is 0 Å². The topological polar surface area (TPSA) is 66.0 Å². The van der Waals surface area contributed by atoms with Crippen LogP contribution in [0.4, 0.5) is 0 Å². The highest BCUT2D eigenvalue weighted by molar-refractivity contribution is 5.93. The Balaban J connectivity index is 2.86. The van der Waals surface area contributed by atoms with Crippen LogP contribution >= 0.6 is 0 Å². The van der Waals surface area contributed by atoms with Crippen LogP contribution in [0.15, 0.2) is 16.7 Å². The van der Waals surface area contributed by atoms with Crippen molar-refractivity contribution in [3.05, 3.63) is 23.7 Å². The van der Waals surface area contributed by atoms with Gasteiger partial charge in [-0.05, 0) is 13.0 Å². The summed E-state index contributed by atoms with van der Waals surface area (Å²) >= 11 is 0. The fourth-order valence-corrected chi connectivity index (χ4v) is 0.713.